The fraction of sp³-hybridized carbons (Fsp3) is 0.730. The molecule has 0 radical (unpaired) electrons. The van der Waals surface area contributed by atoms with Crippen LogP contribution in [0, 0.1) is 5.41 Å². The number of rotatable bonds is 32. The minimum atomic E-state index is -5.58. The molecule has 0 aliphatic carbocycles. The van der Waals surface area contributed by atoms with Gasteiger partial charge < -0.3 is 50.9 Å². The van der Waals surface area contributed by atoms with E-state index in [1.165, 1.54) is 71.6 Å². The maximum Gasteiger partial charge on any atom is 0.481 e. The lowest BCUT2D eigenvalue weighted by Crippen LogP contribution is -2.46. The van der Waals surface area contributed by atoms with Gasteiger partial charge in [-0.25, -0.2) is 28.6 Å². The van der Waals surface area contributed by atoms with E-state index < -0.39 is 84.6 Å². The van der Waals surface area contributed by atoms with Gasteiger partial charge in [0.15, 0.2) is 17.7 Å². The van der Waals surface area contributed by atoms with Crippen molar-refractivity contribution in [3.8, 4) is 0 Å². The number of hydrogen-bond acceptors (Lipinski definition) is 18. The van der Waals surface area contributed by atoms with Gasteiger partial charge in [0.25, 0.3) is 0 Å². The lowest BCUT2D eigenvalue weighted by molar-refractivity contribution is -0.137. The molecule has 1 fully saturated rings. The van der Waals surface area contributed by atoms with Crippen LogP contribution in [0.2, 0.25) is 0 Å². The van der Waals surface area contributed by atoms with Crippen LogP contribution in [0.15, 0.2) is 24.8 Å². The number of carbonyl (C=O) groups excluding carboxylic acids is 3. The van der Waals surface area contributed by atoms with Gasteiger partial charge in [-0.15, -0.1) is 0 Å². The van der Waals surface area contributed by atoms with E-state index >= 15 is 0 Å². The lowest BCUT2D eigenvalue weighted by atomic mass is 9.87. The highest BCUT2D eigenvalue weighted by atomic mass is 32.2. The summed E-state index contributed by atoms with van der Waals surface area (Å²) in [5.74, 6) is -1.10. The molecule has 3 rings (SSSR count). The van der Waals surface area contributed by atoms with Crippen LogP contribution in [-0.4, -0.2) is 123 Å². The number of thioether (sulfide) groups is 1. The topological polar surface area (TPSA) is 364 Å². The number of ether oxygens (including phenoxy) is 1. The van der Waals surface area contributed by atoms with Crippen LogP contribution >= 0.6 is 35.2 Å². The number of nitrogens with one attached hydrogen (secondary N) is 2. The molecule has 2 unspecified atom stereocenters. The first-order valence-corrected chi connectivity index (χ1v) is 26.8. The van der Waals surface area contributed by atoms with Crippen molar-refractivity contribution in [2.24, 2.45) is 5.41 Å². The Hall–Kier alpha value is -2.70. The van der Waals surface area contributed by atoms with E-state index in [9.17, 15) is 57.9 Å². The largest absolute Gasteiger partial charge is 0.481 e. The minimum absolute atomic E-state index is 0.0322. The molecule has 0 saturated carbocycles. The standard InChI is InChI=1S/C37H64N7O17P3S/c1-4-5-6-7-8-9-10-11-12-13-14-15-16-17-28(46)65-21-20-39-27(45)18-19-40-35(49)32(48)37(2,3)23-58-64(55,56)61-63(53,54)57-22-26-31(60-62(50,51)52)30(47)36(59-26)44-25-43-29-33(38)41-24-42-34(29)44/h16-17,24-26,30-32,36,47-48H,4-15,18-23H2,1-3H3,(H,39,45)(H,40,49)(H,53,54)(H,55,56)(H2,38,41,42)(H2,50,51,52)/b17-16+/t26-,30-,31-,32+,36-/m1/s1. The van der Waals surface area contributed by atoms with Crippen molar-refractivity contribution in [1.29, 1.82) is 0 Å². The van der Waals surface area contributed by atoms with Crippen LogP contribution in [0.3, 0.4) is 0 Å². The number of nitrogen functional groups attached to an aromatic ring is 1. The third-order valence-electron chi connectivity index (χ3n) is 9.97. The first-order chi connectivity index (χ1) is 30.6. The first-order valence-electron chi connectivity index (χ1n) is 21.3. The highest BCUT2D eigenvalue weighted by molar-refractivity contribution is 8.14. The van der Waals surface area contributed by atoms with Gasteiger partial charge >= 0.3 is 23.5 Å². The van der Waals surface area contributed by atoms with Gasteiger partial charge in [-0.05, 0) is 18.9 Å². The molecule has 2 amide bonds. The molecule has 2 aromatic heterocycles. The first kappa shape index (κ1) is 56.6. The summed E-state index contributed by atoms with van der Waals surface area (Å²) >= 11 is 1.07. The summed E-state index contributed by atoms with van der Waals surface area (Å²) in [5, 5.41) is 26.4. The number of hydrogen-bond donors (Lipinski definition) is 9. The average molecular weight is 1000 g/mol. The molecule has 7 atom stereocenters. The minimum Gasteiger partial charge on any atom is -0.386 e. The molecule has 1 aliphatic heterocycles. The lowest BCUT2D eigenvalue weighted by Gasteiger charge is -2.30. The summed E-state index contributed by atoms with van der Waals surface area (Å²) < 4.78 is 62.4. The summed E-state index contributed by atoms with van der Waals surface area (Å²) in [6.45, 7) is 2.74. The second kappa shape index (κ2) is 27.3. The molecule has 0 spiro atoms. The summed E-state index contributed by atoms with van der Waals surface area (Å²) in [7, 11) is -16.4. The predicted molar refractivity (Wildman–Crippen MR) is 237 cm³/mol. The van der Waals surface area contributed by atoms with E-state index in [-0.39, 0.29) is 41.6 Å². The molecule has 0 aromatic carbocycles. The van der Waals surface area contributed by atoms with E-state index in [1.807, 2.05) is 6.08 Å². The van der Waals surface area contributed by atoms with Crippen LogP contribution in [-0.2, 0) is 50.7 Å². The number of fused-ring (bicyclic) bond motifs is 1. The Morgan fingerprint density at radius 3 is 2.22 bits per heavy atom. The summed E-state index contributed by atoms with van der Waals surface area (Å²) in [4.78, 5) is 88.1. The van der Waals surface area contributed by atoms with Gasteiger partial charge in [-0.2, -0.15) is 4.31 Å². The number of allylic oxidation sites excluding steroid dienone is 1. The Morgan fingerprint density at radius 1 is 0.938 bits per heavy atom. The normalized spacial score (nSPS) is 20.4. The van der Waals surface area contributed by atoms with Crippen molar-refractivity contribution >= 4 is 69.1 Å². The second-order valence-electron chi connectivity index (χ2n) is 16.0. The van der Waals surface area contributed by atoms with Crippen LogP contribution in [0.25, 0.3) is 11.2 Å². The zero-order valence-corrected chi connectivity index (χ0v) is 40.2. The zero-order valence-electron chi connectivity index (χ0n) is 36.7. The van der Waals surface area contributed by atoms with Crippen LogP contribution in [0.4, 0.5) is 5.82 Å². The Balaban J connectivity index is 1.34. The summed E-state index contributed by atoms with van der Waals surface area (Å²) in [6.07, 6.45) is 11.1. The van der Waals surface area contributed by atoms with E-state index in [1.54, 1.807) is 6.08 Å². The van der Waals surface area contributed by atoms with Gasteiger partial charge in [-0.1, -0.05) is 103 Å². The molecule has 2 aromatic rings. The number of aromatic nitrogens is 4. The number of anilines is 1. The Kier molecular flexibility index (Phi) is 23.8. The number of imidazole rings is 1. The molecule has 10 N–H and O–H groups in total. The molecule has 1 saturated heterocycles. The number of nitrogens with two attached hydrogens (primary N) is 1. The van der Waals surface area contributed by atoms with E-state index in [4.69, 9.17) is 19.5 Å². The predicted octanol–water partition coefficient (Wildman–Crippen LogP) is 3.92. The average Bonchev–Trinajstić information content (AvgIpc) is 3.79. The van der Waals surface area contributed by atoms with Crippen LogP contribution in [0.5, 0.6) is 0 Å². The quantitative estimate of drug-likeness (QED) is 0.0285. The molecule has 0 bridgehead atoms. The highest BCUT2D eigenvalue weighted by Crippen LogP contribution is 2.61. The maximum atomic E-state index is 12.7. The SMILES string of the molecule is CCCCCCCCCCCCC/C=C/C(=O)SCCNC(=O)CCNC(=O)[C@H](O)C(C)(C)COP(=O)(O)OP(=O)(O)OC[C@H]1O[C@@H](n2cnc3c(N)ncnc32)[C@H](O)[C@@H]1OP(=O)(O)O. The molecule has 65 heavy (non-hydrogen) atoms. The van der Waals surface area contributed by atoms with Crippen molar-refractivity contribution < 1.29 is 80.5 Å². The monoisotopic (exact) mass is 1000 g/mol. The Morgan fingerprint density at radius 2 is 1.57 bits per heavy atom. The second-order valence-corrected chi connectivity index (χ2v) is 21.3. The molecular weight excluding hydrogens is 939 g/mol. The number of phosphoric ester groups is 3. The number of carbonyl (C=O) groups is 3. The molecule has 370 valence electrons. The number of aliphatic hydroxyl groups excluding tert-OH is 2. The zero-order chi connectivity index (χ0) is 48.3. The van der Waals surface area contributed by atoms with Gasteiger partial charge in [0.05, 0.1) is 19.5 Å². The number of nitrogens with zero attached hydrogens (tertiary/aromatic N) is 4. The van der Waals surface area contributed by atoms with Crippen molar-refractivity contribution in [2.45, 2.75) is 135 Å². The fourth-order valence-corrected chi connectivity index (χ4v) is 9.86. The van der Waals surface area contributed by atoms with Crippen molar-refractivity contribution in [3.63, 3.8) is 0 Å². The van der Waals surface area contributed by atoms with Gasteiger partial charge in [0.2, 0.25) is 16.9 Å². The Labute approximate surface area is 381 Å². The number of unbranched alkanes of at least 4 members (excludes halogenated alkanes) is 11. The molecule has 3 heterocycles. The van der Waals surface area contributed by atoms with Crippen LogP contribution in [0.1, 0.15) is 110 Å². The van der Waals surface area contributed by atoms with E-state index in [0.29, 0.717) is 5.75 Å². The van der Waals surface area contributed by atoms with Crippen molar-refractivity contribution in [1.82, 2.24) is 30.2 Å². The smallest absolute Gasteiger partial charge is 0.386 e. The van der Waals surface area contributed by atoms with E-state index in [2.05, 4.69) is 41.3 Å². The van der Waals surface area contributed by atoms with Gasteiger partial charge in [-0.3, -0.25) is 32.5 Å². The van der Waals surface area contributed by atoms with Crippen molar-refractivity contribution in [2.75, 3.05) is 37.8 Å². The molecule has 28 heteroatoms. The van der Waals surface area contributed by atoms with E-state index in [0.717, 1.165) is 48.2 Å². The van der Waals surface area contributed by atoms with Gasteiger partial charge in [0, 0.05) is 30.7 Å². The number of phosphoric acid groups is 3. The number of aliphatic hydroxyl groups is 2. The van der Waals surface area contributed by atoms with Crippen LogP contribution < -0.4 is 16.4 Å². The maximum absolute atomic E-state index is 12.7. The highest BCUT2D eigenvalue weighted by Gasteiger charge is 2.50. The number of amides is 2. The van der Waals surface area contributed by atoms with Crippen molar-refractivity contribution in [3.05, 3.63) is 24.8 Å². The molecule has 24 nitrogen and oxygen atoms in total. The fourth-order valence-electron chi connectivity index (χ4n) is 6.44. The summed E-state index contributed by atoms with van der Waals surface area (Å²) in [5.41, 5.74) is 4.28. The van der Waals surface area contributed by atoms with Gasteiger partial charge in [0.1, 0.15) is 36.3 Å². The molecule has 1 aliphatic rings. The molecular formula is C37H64N7O17P3S. The Bertz CT molecular complexity index is 2010. The summed E-state index contributed by atoms with van der Waals surface area (Å²) in [6, 6.07) is 0. The third kappa shape index (κ3) is 20.6. The third-order valence-corrected chi connectivity index (χ3v) is 13.9.